The van der Waals surface area contributed by atoms with Crippen LogP contribution in [0.3, 0.4) is 0 Å². The molecule has 0 aromatic heterocycles. The second kappa shape index (κ2) is 6.64. The number of hydrogen-bond donors (Lipinski definition) is 1. The Balaban J connectivity index is 2.48. The summed E-state index contributed by atoms with van der Waals surface area (Å²) in [4.78, 5) is 0. The smallest absolute Gasteiger partial charge is 0.160 e. The van der Waals surface area contributed by atoms with Gasteiger partial charge in [-0.3, -0.25) is 0 Å². The Bertz CT molecular complexity index is 369. The van der Waals surface area contributed by atoms with E-state index in [1.165, 1.54) is 5.56 Å². The molecule has 18 heavy (non-hydrogen) atoms. The number of methoxy groups -OCH3 is 2. The molecule has 3 nitrogen and oxygen atoms in total. The molecule has 0 aliphatic carbocycles. The first kappa shape index (κ1) is 14.8. The van der Waals surface area contributed by atoms with Crippen LogP contribution in [0.25, 0.3) is 0 Å². The van der Waals surface area contributed by atoms with E-state index in [9.17, 15) is 0 Å². The minimum absolute atomic E-state index is 0.331. The highest BCUT2D eigenvalue weighted by atomic mass is 16.5. The zero-order chi connectivity index (χ0) is 13.6. The zero-order valence-corrected chi connectivity index (χ0v) is 12.2. The van der Waals surface area contributed by atoms with Crippen LogP contribution in [-0.4, -0.2) is 27.3 Å². The molecule has 0 saturated carbocycles. The van der Waals surface area contributed by atoms with E-state index in [1.807, 2.05) is 12.1 Å². The lowest BCUT2D eigenvalue weighted by atomic mass is 9.97. The lowest BCUT2D eigenvalue weighted by molar-refractivity contribution is 0.354. The molecule has 0 heterocycles. The number of benzene rings is 1. The standard InChI is InChI=1S/C15H25NO2/c1-15(2,3)11-16-9-8-12-6-7-13(17-4)14(10-12)18-5/h6-7,10,16H,8-9,11H2,1-5H3. The molecule has 0 fully saturated rings. The van der Waals surface area contributed by atoms with Gasteiger partial charge in [-0.25, -0.2) is 0 Å². The van der Waals surface area contributed by atoms with Gasteiger partial charge in [-0.2, -0.15) is 0 Å². The Labute approximate surface area is 110 Å². The summed E-state index contributed by atoms with van der Waals surface area (Å²) < 4.78 is 10.5. The largest absolute Gasteiger partial charge is 0.493 e. The second-order valence-electron chi connectivity index (χ2n) is 5.68. The molecule has 1 N–H and O–H groups in total. The fourth-order valence-electron chi connectivity index (χ4n) is 1.73. The molecule has 0 spiro atoms. The van der Waals surface area contributed by atoms with Crippen LogP contribution in [0.2, 0.25) is 0 Å². The third kappa shape index (κ3) is 4.96. The van der Waals surface area contributed by atoms with Crippen LogP contribution in [0.5, 0.6) is 11.5 Å². The van der Waals surface area contributed by atoms with E-state index in [0.717, 1.165) is 31.0 Å². The number of ether oxygens (including phenoxy) is 2. The predicted molar refractivity (Wildman–Crippen MR) is 75.6 cm³/mol. The zero-order valence-electron chi connectivity index (χ0n) is 12.2. The van der Waals surface area contributed by atoms with Gasteiger partial charge >= 0.3 is 0 Å². The number of nitrogens with one attached hydrogen (secondary N) is 1. The summed E-state index contributed by atoms with van der Waals surface area (Å²) in [6.45, 7) is 8.70. The molecule has 0 radical (unpaired) electrons. The quantitative estimate of drug-likeness (QED) is 0.789. The van der Waals surface area contributed by atoms with Crippen molar-refractivity contribution in [2.24, 2.45) is 5.41 Å². The topological polar surface area (TPSA) is 30.5 Å². The maximum Gasteiger partial charge on any atom is 0.160 e. The van der Waals surface area contributed by atoms with Gasteiger partial charge in [-0.05, 0) is 36.1 Å². The van der Waals surface area contributed by atoms with Crippen molar-refractivity contribution in [3.63, 3.8) is 0 Å². The average Bonchev–Trinajstić information content (AvgIpc) is 2.33. The second-order valence-corrected chi connectivity index (χ2v) is 5.68. The molecule has 1 rings (SSSR count). The van der Waals surface area contributed by atoms with Gasteiger partial charge in [-0.15, -0.1) is 0 Å². The summed E-state index contributed by atoms with van der Waals surface area (Å²) in [5.74, 6) is 1.58. The monoisotopic (exact) mass is 251 g/mol. The van der Waals surface area contributed by atoms with Crippen molar-refractivity contribution in [3.8, 4) is 11.5 Å². The SMILES string of the molecule is COc1ccc(CCNCC(C)(C)C)cc1OC. The van der Waals surface area contributed by atoms with Crippen LogP contribution in [0.4, 0.5) is 0 Å². The summed E-state index contributed by atoms with van der Waals surface area (Å²) in [6, 6.07) is 6.08. The van der Waals surface area contributed by atoms with Gasteiger partial charge < -0.3 is 14.8 Å². The predicted octanol–water partition coefficient (Wildman–Crippen LogP) is 2.88. The molecule has 0 aliphatic rings. The van der Waals surface area contributed by atoms with E-state index in [-0.39, 0.29) is 0 Å². The Morgan fingerprint density at radius 1 is 1.06 bits per heavy atom. The summed E-state index contributed by atoms with van der Waals surface area (Å²) in [5.41, 5.74) is 1.59. The lowest BCUT2D eigenvalue weighted by Gasteiger charge is -2.18. The Kier molecular flexibility index (Phi) is 5.48. The van der Waals surface area contributed by atoms with Crippen LogP contribution in [0.1, 0.15) is 26.3 Å². The van der Waals surface area contributed by atoms with E-state index in [2.05, 4.69) is 32.2 Å². The van der Waals surface area contributed by atoms with Gasteiger partial charge in [0.1, 0.15) is 0 Å². The summed E-state index contributed by atoms with van der Waals surface area (Å²) in [5, 5.41) is 3.47. The van der Waals surface area contributed by atoms with E-state index in [4.69, 9.17) is 9.47 Å². The van der Waals surface area contributed by atoms with Crippen molar-refractivity contribution in [1.82, 2.24) is 5.32 Å². The van der Waals surface area contributed by atoms with Gasteiger partial charge in [-0.1, -0.05) is 26.8 Å². The first-order valence-corrected chi connectivity index (χ1v) is 6.38. The third-order valence-corrected chi connectivity index (χ3v) is 2.69. The minimum atomic E-state index is 0.331. The minimum Gasteiger partial charge on any atom is -0.493 e. The summed E-state index contributed by atoms with van der Waals surface area (Å²) >= 11 is 0. The first-order valence-electron chi connectivity index (χ1n) is 6.38. The molecule has 3 heteroatoms. The highest BCUT2D eigenvalue weighted by Crippen LogP contribution is 2.27. The van der Waals surface area contributed by atoms with E-state index in [0.29, 0.717) is 5.41 Å². The van der Waals surface area contributed by atoms with Crippen molar-refractivity contribution < 1.29 is 9.47 Å². The highest BCUT2D eigenvalue weighted by molar-refractivity contribution is 5.42. The van der Waals surface area contributed by atoms with Crippen molar-refractivity contribution >= 4 is 0 Å². The molecular formula is C15H25NO2. The normalized spacial score (nSPS) is 11.4. The average molecular weight is 251 g/mol. The molecule has 0 unspecified atom stereocenters. The maximum absolute atomic E-state index is 5.29. The molecule has 0 atom stereocenters. The van der Waals surface area contributed by atoms with E-state index < -0.39 is 0 Å². The molecule has 0 amide bonds. The van der Waals surface area contributed by atoms with E-state index >= 15 is 0 Å². The molecule has 102 valence electrons. The van der Waals surface area contributed by atoms with Crippen LogP contribution >= 0.6 is 0 Å². The Morgan fingerprint density at radius 3 is 2.28 bits per heavy atom. The van der Waals surface area contributed by atoms with Crippen molar-refractivity contribution in [1.29, 1.82) is 0 Å². The first-order chi connectivity index (χ1) is 8.46. The number of hydrogen-bond acceptors (Lipinski definition) is 3. The summed E-state index contributed by atoms with van der Waals surface area (Å²) in [7, 11) is 3.32. The fourth-order valence-corrected chi connectivity index (χ4v) is 1.73. The van der Waals surface area contributed by atoms with Gasteiger partial charge in [0.2, 0.25) is 0 Å². The number of rotatable bonds is 6. The molecule has 0 bridgehead atoms. The van der Waals surface area contributed by atoms with E-state index in [1.54, 1.807) is 14.2 Å². The maximum atomic E-state index is 5.29. The Morgan fingerprint density at radius 2 is 1.72 bits per heavy atom. The molecule has 1 aromatic carbocycles. The molecule has 0 saturated heterocycles. The van der Waals surface area contributed by atoms with Gasteiger partial charge in [0.25, 0.3) is 0 Å². The highest BCUT2D eigenvalue weighted by Gasteiger charge is 2.09. The van der Waals surface area contributed by atoms with Crippen LogP contribution < -0.4 is 14.8 Å². The van der Waals surface area contributed by atoms with Gasteiger partial charge in [0.05, 0.1) is 14.2 Å². The van der Waals surface area contributed by atoms with Gasteiger partial charge in [0.15, 0.2) is 11.5 Å². The third-order valence-electron chi connectivity index (χ3n) is 2.69. The molecule has 0 aliphatic heterocycles. The van der Waals surface area contributed by atoms with Crippen LogP contribution in [0.15, 0.2) is 18.2 Å². The molecular weight excluding hydrogens is 226 g/mol. The van der Waals surface area contributed by atoms with Crippen molar-refractivity contribution in [2.75, 3.05) is 27.3 Å². The van der Waals surface area contributed by atoms with Crippen molar-refractivity contribution in [3.05, 3.63) is 23.8 Å². The van der Waals surface area contributed by atoms with Crippen molar-refractivity contribution in [2.45, 2.75) is 27.2 Å². The van der Waals surface area contributed by atoms with Crippen LogP contribution in [-0.2, 0) is 6.42 Å². The molecule has 1 aromatic rings. The fraction of sp³-hybridized carbons (Fsp3) is 0.600. The Hall–Kier alpha value is -1.22. The van der Waals surface area contributed by atoms with Gasteiger partial charge in [0, 0.05) is 6.54 Å². The lowest BCUT2D eigenvalue weighted by Crippen LogP contribution is -2.28. The summed E-state index contributed by atoms with van der Waals surface area (Å²) in [6.07, 6.45) is 0.996. The van der Waals surface area contributed by atoms with Crippen LogP contribution in [0, 0.1) is 5.41 Å².